The number of benzene rings is 1. The van der Waals surface area contributed by atoms with Crippen molar-refractivity contribution < 1.29 is 39.6 Å². The number of fused-ring (bicyclic) bond motifs is 4. The molecule has 8 aromatic heterocycles. The molecule has 2 fully saturated rings. The van der Waals surface area contributed by atoms with Crippen LogP contribution in [0.1, 0.15) is 145 Å². The smallest absolute Gasteiger partial charge is 0.420 e. The molecule has 0 radical (unpaired) electrons. The monoisotopic (exact) mass is 1290 g/mol. The predicted molar refractivity (Wildman–Crippen MR) is 342 cm³/mol. The highest BCUT2D eigenvalue weighted by Crippen LogP contribution is 2.51. The van der Waals surface area contributed by atoms with Crippen LogP contribution < -0.4 is 11.1 Å². The minimum absolute atomic E-state index is 0.0450. The zero-order valence-electron chi connectivity index (χ0n) is 52.3. The van der Waals surface area contributed by atoms with Gasteiger partial charge in [-0.15, -0.1) is 20.4 Å². The fourth-order valence-corrected chi connectivity index (χ4v) is 18.7. The molecule has 478 valence electrons. The van der Waals surface area contributed by atoms with E-state index in [4.69, 9.17) is 37.7 Å². The van der Waals surface area contributed by atoms with Gasteiger partial charge in [0.25, 0.3) is 0 Å². The number of aryl methyl sites for hydroxylation is 4. The first-order chi connectivity index (χ1) is 44.9. The van der Waals surface area contributed by atoms with Crippen LogP contribution in [0, 0.1) is 60.2 Å². The molecule has 0 spiro atoms. The Morgan fingerprint density at radius 3 is 1.89 bits per heavy atom. The molecular weight excluding hydrogens is 1220 g/mol. The Morgan fingerprint density at radius 2 is 1.29 bits per heavy atom. The van der Waals surface area contributed by atoms with E-state index in [1.165, 1.54) is 10.8 Å². The molecule has 23 nitrogen and oxygen atoms in total. The number of ether oxygens (including phenoxy) is 2. The number of nitrogens with one attached hydrogen (secondary N) is 1. The molecule has 14 rings (SSSR count). The Morgan fingerprint density at radius 1 is 0.677 bits per heavy atom. The summed E-state index contributed by atoms with van der Waals surface area (Å²) in [6, 6.07) is 16.8. The van der Waals surface area contributed by atoms with Crippen LogP contribution in [-0.2, 0) is 61.5 Å². The molecule has 5 aliphatic heterocycles. The minimum Gasteiger partial charge on any atom is -0.421 e. The summed E-state index contributed by atoms with van der Waals surface area (Å²) in [6.45, 7) is 12.6. The predicted octanol–water partition coefficient (Wildman–Crippen LogP) is 10.2. The number of pyridine rings is 4. The Labute approximate surface area is 537 Å². The number of nitriles is 2. The van der Waals surface area contributed by atoms with E-state index in [-0.39, 0.29) is 75.6 Å². The second kappa shape index (κ2) is 24.8. The molecule has 2 saturated heterocycles. The van der Waals surface area contributed by atoms with Crippen molar-refractivity contribution in [1.82, 2.24) is 49.5 Å². The number of hydrogen-bond acceptors (Lipinski definition) is 21. The summed E-state index contributed by atoms with van der Waals surface area (Å²) in [6.07, 6.45) is 13.3. The highest BCUT2D eigenvalue weighted by Gasteiger charge is 2.46. The largest absolute Gasteiger partial charge is 0.421 e. The van der Waals surface area contributed by atoms with Gasteiger partial charge in [0.1, 0.15) is 18.0 Å². The van der Waals surface area contributed by atoms with Crippen LogP contribution in [-0.4, -0.2) is 111 Å². The summed E-state index contributed by atoms with van der Waals surface area (Å²) in [7, 11) is -7.99. The fraction of sp³-hybridized carbons (Fsp3) is 0.426. The van der Waals surface area contributed by atoms with Gasteiger partial charge < -0.3 is 32.6 Å². The molecule has 0 saturated carbocycles. The zero-order chi connectivity index (χ0) is 64.4. The quantitative estimate of drug-likeness (QED) is 0.0834. The number of anilines is 1. The number of rotatable bonds is 18. The number of nitrogens with zero attached hydrogens (tertiary/aromatic N) is 12. The molecule has 9 aromatic rings. The highest BCUT2D eigenvalue weighted by molar-refractivity contribution is 7.92. The van der Waals surface area contributed by atoms with Crippen LogP contribution in [0.2, 0.25) is 0 Å². The molecule has 13 heterocycles. The lowest BCUT2D eigenvalue weighted by Crippen LogP contribution is -2.20. The first kappa shape index (κ1) is 61.5. The van der Waals surface area contributed by atoms with Crippen LogP contribution in [0.25, 0.3) is 56.8 Å². The molecule has 0 bridgehead atoms. The molecule has 5 aliphatic rings. The average molecular weight is 1290 g/mol. The van der Waals surface area contributed by atoms with Gasteiger partial charge in [0.05, 0.1) is 96.3 Å². The van der Waals surface area contributed by atoms with E-state index in [1.54, 1.807) is 50.4 Å². The van der Waals surface area contributed by atoms with Crippen LogP contribution in [0.4, 0.5) is 5.82 Å². The van der Waals surface area contributed by atoms with E-state index in [0.29, 0.717) is 148 Å². The molecule has 3 unspecified atom stereocenters. The summed E-state index contributed by atoms with van der Waals surface area (Å²) >= 11 is 0. The summed E-state index contributed by atoms with van der Waals surface area (Å²) in [5.41, 5.74) is 9.15. The molecule has 3 atom stereocenters. The Kier molecular flexibility index (Phi) is 16.4. The van der Waals surface area contributed by atoms with Gasteiger partial charge in [-0.05, 0) is 141 Å². The van der Waals surface area contributed by atoms with Gasteiger partial charge in [-0.1, -0.05) is 26.8 Å². The average Bonchev–Trinajstić information content (AvgIpc) is 1.60. The van der Waals surface area contributed by atoms with Crippen LogP contribution in [0.5, 0.6) is 0 Å². The second-order valence-corrected chi connectivity index (χ2v) is 29.6. The maximum atomic E-state index is 15.3. The van der Waals surface area contributed by atoms with Crippen molar-refractivity contribution in [3.63, 3.8) is 0 Å². The standard InChI is InChI=1S/C68H69N13O10S2/c1-37(2)50-35-92(83,84)63-57(59(66-78-76-39(4)89-66)52(74-61(50)63)11-7-41-15-20-87-21-16-41)45-9-13-55-56(27-45)91-68(82)81(55)34-54-47(25-44(29-70)31-72-54)24-38(3)51-36-93(85,86)64-58(48-26-46-14-19-80(65(46)73-32-48)33-49-10-6-43(28-69)30-71-49)60(67-79-77-40(5)90-67)53(75-62(51)64)12-8-42-17-22-88-23-18-42/h6,9-10,13-14,19,25-27,30-31,37-38,41-42,50-51,73H,7-8,11-12,15-18,20-24,32-36H2,1-5H3. The molecule has 1 N–H and O–H groups in total. The lowest BCUT2D eigenvalue weighted by atomic mass is 9.84. The number of aromatic nitrogens is 10. The molecule has 93 heavy (non-hydrogen) atoms. The maximum absolute atomic E-state index is 15.3. The first-order valence-corrected chi connectivity index (χ1v) is 35.1. The summed E-state index contributed by atoms with van der Waals surface area (Å²) in [5.74, 6) is -0.0651. The number of sulfone groups is 2. The van der Waals surface area contributed by atoms with Crippen molar-refractivity contribution in [2.75, 3.05) is 49.8 Å². The maximum Gasteiger partial charge on any atom is 0.420 e. The van der Waals surface area contributed by atoms with Crippen molar-refractivity contribution in [3.8, 4) is 46.2 Å². The fourth-order valence-electron chi connectivity index (χ4n) is 14.3. The SMILES string of the molecule is Cc1nnc(-c2c(CCC3CCOCC3)nc3c(c2C2=Cc4ccn(Cc5ccc(C#N)cn5)c4NC2)S(=O)(=O)CC3C(C)Cc2cc(C#N)cnc2Cn2c(=O)oc3cc(-c4c(-c5nnc(C)o5)c(CCC5CCOCC5)nc5c4S(=O)(=O)CC5C(C)C)ccc32)o1. The molecule has 25 heteroatoms. The van der Waals surface area contributed by atoms with E-state index >= 15 is 8.42 Å². The van der Waals surface area contributed by atoms with Gasteiger partial charge in [-0.2, -0.15) is 10.5 Å². The zero-order valence-corrected chi connectivity index (χ0v) is 53.9. The van der Waals surface area contributed by atoms with Gasteiger partial charge in [-0.3, -0.25) is 24.5 Å². The first-order valence-electron chi connectivity index (χ1n) is 31.8. The molecule has 0 amide bonds. The summed E-state index contributed by atoms with van der Waals surface area (Å²) in [5, 5.41) is 40.7. The van der Waals surface area contributed by atoms with E-state index in [0.717, 1.165) is 55.6 Å². The van der Waals surface area contributed by atoms with Crippen LogP contribution >= 0.6 is 0 Å². The van der Waals surface area contributed by atoms with Crippen molar-refractivity contribution in [1.29, 1.82) is 10.5 Å². The minimum atomic E-state index is -4.08. The van der Waals surface area contributed by atoms with Crippen molar-refractivity contribution in [3.05, 3.63) is 145 Å². The van der Waals surface area contributed by atoms with Crippen LogP contribution in [0.15, 0.2) is 88.9 Å². The molecule has 1 aromatic carbocycles. The van der Waals surface area contributed by atoms with Gasteiger partial charge in [0, 0.05) is 93.9 Å². The summed E-state index contributed by atoms with van der Waals surface area (Å²) < 4.78 is 93.2. The third-order valence-electron chi connectivity index (χ3n) is 19.2. The van der Waals surface area contributed by atoms with E-state index in [2.05, 4.69) is 42.8 Å². The van der Waals surface area contributed by atoms with Gasteiger partial charge in [-0.25, -0.2) is 21.6 Å². The van der Waals surface area contributed by atoms with Crippen LogP contribution in [0.3, 0.4) is 0 Å². The lowest BCUT2D eigenvalue weighted by molar-refractivity contribution is 0.0638. The van der Waals surface area contributed by atoms with E-state index in [1.807, 2.05) is 49.7 Å². The van der Waals surface area contributed by atoms with E-state index in [9.17, 15) is 23.7 Å². The second-order valence-electron chi connectivity index (χ2n) is 25.7. The topological polar surface area (TPSA) is 316 Å². The Balaban J connectivity index is 0.834. The number of oxazole rings is 1. The van der Waals surface area contributed by atoms with E-state index < -0.39 is 37.3 Å². The summed E-state index contributed by atoms with van der Waals surface area (Å²) in [4.78, 5) is 34.5. The lowest BCUT2D eigenvalue weighted by Gasteiger charge is -2.25. The Bertz CT molecular complexity index is 4840. The Hall–Kier alpha value is -9.01. The van der Waals surface area contributed by atoms with Crippen molar-refractivity contribution >= 4 is 48.2 Å². The normalized spacial score (nSPS) is 18.8. The third kappa shape index (κ3) is 11.8. The molecular formula is C68H69N13O10S2. The van der Waals surface area contributed by atoms with Crippen molar-refractivity contribution in [2.45, 2.75) is 127 Å². The van der Waals surface area contributed by atoms with Gasteiger partial charge >= 0.3 is 5.76 Å². The van der Waals surface area contributed by atoms with Gasteiger partial charge in [0.2, 0.25) is 23.6 Å². The molecule has 0 aliphatic carbocycles. The highest BCUT2D eigenvalue weighted by atomic mass is 32.2. The number of hydrogen-bond donors (Lipinski definition) is 1. The van der Waals surface area contributed by atoms with Crippen molar-refractivity contribution in [2.24, 2.45) is 23.7 Å². The van der Waals surface area contributed by atoms with Gasteiger partial charge in [0.15, 0.2) is 25.3 Å². The third-order valence-corrected chi connectivity index (χ3v) is 22.9.